The summed E-state index contributed by atoms with van der Waals surface area (Å²) in [7, 11) is -10.9. The standard InChI is InChI=1S/C22H36N4O6S3.C2HF3O2/c23-14-18-6-7-24-22(13-18)34(29,30)17-19-12-21(20-4-2-1-3-5-20)16-26(15-19)35(31,32)25-8-10-33(27,28)11-9-25;3-2(4,5)1(6)7/h6-7,13,19-21H,1-5,8-12,14-17,23H2;(H,6,7)/t19-,21-;/m0./s1. The Bertz CT molecular complexity index is 1400. The molecular formula is C24H37F3N4O8S3. The molecule has 1 aliphatic carbocycles. The van der Waals surface area contributed by atoms with Gasteiger partial charge in [0.2, 0.25) is 0 Å². The Morgan fingerprint density at radius 1 is 1.02 bits per heavy atom. The van der Waals surface area contributed by atoms with Gasteiger partial charge in [0.15, 0.2) is 24.7 Å². The van der Waals surface area contributed by atoms with Crippen LogP contribution in [0, 0.1) is 17.8 Å². The molecule has 3 N–H and O–H groups in total. The number of rotatable bonds is 7. The normalized spacial score (nSPS) is 24.9. The molecular weight excluding hydrogens is 625 g/mol. The summed E-state index contributed by atoms with van der Waals surface area (Å²) in [4.78, 5) is 12.9. The minimum absolute atomic E-state index is 0.0316. The SMILES string of the molecule is NCc1ccnc(S(=O)(=O)C[C@H]2C[C@H](C3CCCCC3)CN(S(=O)(=O)N3CCS(=O)(=O)CC3)C2)c1.O=C(O)C(F)(F)F. The first kappa shape index (κ1) is 34.6. The van der Waals surface area contributed by atoms with E-state index in [0.29, 0.717) is 24.4 Å². The Hall–Kier alpha value is -1.86. The van der Waals surface area contributed by atoms with Gasteiger partial charge < -0.3 is 10.8 Å². The highest BCUT2D eigenvalue weighted by Gasteiger charge is 2.42. The third-order valence-electron chi connectivity index (χ3n) is 7.86. The molecule has 0 radical (unpaired) electrons. The van der Waals surface area contributed by atoms with Crippen LogP contribution in [0.1, 0.15) is 44.1 Å². The van der Waals surface area contributed by atoms with Gasteiger partial charge in [-0.25, -0.2) is 26.6 Å². The minimum Gasteiger partial charge on any atom is -0.475 e. The molecule has 0 bridgehead atoms. The van der Waals surface area contributed by atoms with Gasteiger partial charge in [-0.1, -0.05) is 32.1 Å². The maximum Gasteiger partial charge on any atom is 0.490 e. The fourth-order valence-electron chi connectivity index (χ4n) is 5.69. The average Bonchev–Trinajstić information content (AvgIpc) is 2.92. The Morgan fingerprint density at radius 3 is 2.17 bits per heavy atom. The molecule has 12 nitrogen and oxygen atoms in total. The second kappa shape index (κ2) is 13.8. The molecule has 2 aliphatic heterocycles. The smallest absolute Gasteiger partial charge is 0.475 e. The second-order valence-corrected chi connectivity index (χ2v) is 17.1. The Labute approximate surface area is 244 Å². The number of carbonyl (C=O) groups is 1. The molecule has 2 atom stereocenters. The van der Waals surface area contributed by atoms with Gasteiger partial charge in [-0.05, 0) is 41.9 Å². The van der Waals surface area contributed by atoms with Crippen molar-refractivity contribution in [1.29, 1.82) is 0 Å². The van der Waals surface area contributed by atoms with Crippen molar-refractivity contribution in [2.75, 3.05) is 43.4 Å². The zero-order valence-corrected chi connectivity index (χ0v) is 25.4. The highest BCUT2D eigenvalue weighted by Crippen LogP contribution is 2.38. The fourth-order valence-corrected chi connectivity index (χ4v) is 10.5. The highest BCUT2D eigenvalue weighted by atomic mass is 32.2. The summed E-state index contributed by atoms with van der Waals surface area (Å²) in [6, 6.07) is 3.16. The summed E-state index contributed by atoms with van der Waals surface area (Å²) in [6.07, 6.45) is 2.45. The predicted octanol–water partition coefficient (Wildman–Crippen LogP) is 1.44. The molecule has 1 saturated carbocycles. The number of pyridine rings is 1. The highest BCUT2D eigenvalue weighted by molar-refractivity contribution is 7.92. The number of halogens is 3. The Morgan fingerprint density at radius 2 is 1.62 bits per heavy atom. The monoisotopic (exact) mass is 662 g/mol. The molecule has 0 unspecified atom stereocenters. The van der Waals surface area contributed by atoms with Gasteiger partial charge in [0, 0.05) is 38.9 Å². The summed E-state index contributed by atoms with van der Waals surface area (Å²) < 4.78 is 112. The molecule has 42 heavy (non-hydrogen) atoms. The fraction of sp³-hybridized carbons (Fsp3) is 0.750. The van der Waals surface area contributed by atoms with Gasteiger partial charge in [-0.15, -0.1) is 0 Å². The van der Waals surface area contributed by atoms with Crippen molar-refractivity contribution in [2.45, 2.75) is 56.3 Å². The number of sulfone groups is 2. The maximum atomic E-state index is 13.5. The van der Waals surface area contributed by atoms with Crippen molar-refractivity contribution >= 4 is 35.9 Å². The van der Waals surface area contributed by atoms with E-state index >= 15 is 0 Å². The van der Waals surface area contributed by atoms with E-state index in [0.717, 1.165) is 25.7 Å². The maximum absolute atomic E-state index is 13.5. The molecule has 0 aromatic carbocycles. The topological polar surface area (TPSA) is 185 Å². The first-order valence-electron chi connectivity index (χ1n) is 13.6. The number of alkyl halides is 3. The number of carboxylic acid groups (broad SMARTS) is 1. The quantitative estimate of drug-likeness (QED) is 0.433. The number of hydrogen-bond donors (Lipinski definition) is 2. The third kappa shape index (κ3) is 9.32. The molecule has 3 fully saturated rings. The van der Waals surface area contributed by atoms with E-state index < -0.39 is 42.0 Å². The Kier molecular flexibility index (Phi) is 11.4. The lowest BCUT2D eigenvalue weighted by atomic mass is 9.75. The van der Waals surface area contributed by atoms with Gasteiger partial charge in [-0.2, -0.15) is 30.2 Å². The molecule has 4 rings (SSSR count). The number of nitrogens with two attached hydrogens (primary N) is 1. The zero-order valence-electron chi connectivity index (χ0n) is 22.9. The van der Waals surface area contributed by atoms with E-state index in [4.69, 9.17) is 15.6 Å². The number of piperidine rings is 1. The lowest BCUT2D eigenvalue weighted by Gasteiger charge is -2.43. The minimum atomic E-state index is -5.08. The summed E-state index contributed by atoms with van der Waals surface area (Å²) in [5.74, 6) is -3.24. The largest absolute Gasteiger partial charge is 0.490 e. The molecule has 2 saturated heterocycles. The number of hydrogen-bond acceptors (Lipinski definition) is 9. The van der Waals surface area contributed by atoms with Crippen LogP contribution in [0.3, 0.4) is 0 Å². The molecule has 1 aromatic rings. The molecule has 3 heterocycles. The molecule has 1 aromatic heterocycles. The van der Waals surface area contributed by atoms with Crippen molar-refractivity contribution in [3.05, 3.63) is 23.9 Å². The van der Waals surface area contributed by atoms with Crippen molar-refractivity contribution in [2.24, 2.45) is 23.5 Å². The number of nitrogens with zero attached hydrogens (tertiary/aromatic N) is 3. The van der Waals surface area contributed by atoms with Crippen molar-refractivity contribution in [1.82, 2.24) is 13.6 Å². The van der Waals surface area contributed by atoms with Crippen LogP contribution >= 0.6 is 0 Å². The van der Waals surface area contributed by atoms with Crippen LogP contribution in [0.5, 0.6) is 0 Å². The second-order valence-electron chi connectivity index (χ2n) is 10.9. The van der Waals surface area contributed by atoms with Crippen molar-refractivity contribution in [3.63, 3.8) is 0 Å². The summed E-state index contributed by atoms with van der Waals surface area (Å²) in [5.41, 5.74) is 6.34. The van der Waals surface area contributed by atoms with Crippen LogP contribution in [-0.4, -0.2) is 99.5 Å². The van der Waals surface area contributed by atoms with Crippen LogP contribution in [0.4, 0.5) is 13.2 Å². The summed E-state index contributed by atoms with van der Waals surface area (Å²) >= 11 is 0. The van der Waals surface area contributed by atoms with Crippen LogP contribution in [0.25, 0.3) is 0 Å². The van der Waals surface area contributed by atoms with Gasteiger partial charge >= 0.3 is 12.1 Å². The summed E-state index contributed by atoms with van der Waals surface area (Å²) in [5, 5.41) is 7.09. The average molecular weight is 663 g/mol. The van der Waals surface area contributed by atoms with Crippen LogP contribution in [0.15, 0.2) is 23.4 Å². The van der Waals surface area contributed by atoms with Gasteiger partial charge in [0.25, 0.3) is 10.2 Å². The van der Waals surface area contributed by atoms with E-state index in [-0.39, 0.29) is 60.3 Å². The van der Waals surface area contributed by atoms with Crippen LogP contribution in [-0.2, 0) is 41.2 Å². The van der Waals surface area contributed by atoms with E-state index in [2.05, 4.69) is 4.98 Å². The third-order valence-corrected chi connectivity index (χ3v) is 13.2. The number of aliphatic carboxylic acids is 1. The van der Waals surface area contributed by atoms with E-state index in [1.54, 1.807) is 6.07 Å². The lowest BCUT2D eigenvalue weighted by Crippen LogP contribution is -2.55. The van der Waals surface area contributed by atoms with Crippen LogP contribution < -0.4 is 5.73 Å². The van der Waals surface area contributed by atoms with Gasteiger partial charge in [0.05, 0.1) is 17.3 Å². The lowest BCUT2D eigenvalue weighted by molar-refractivity contribution is -0.192. The molecule has 0 amide bonds. The predicted molar refractivity (Wildman–Crippen MR) is 147 cm³/mol. The molecule has 0 spiro atoms. The van der Waals surface area contributed by atoms with Gasteiger partial charge in [-0.3, -0.25) is 0 Å². The first-order valence-corrected chi connectivity index (χ1v) is 18.4. The molecule has 240 valence electrons. The molecule has 18 heteroatoms. The Balaban J connectivity index is 0.000000616. The van der Waals surface area contributed by atoms with Gasteiger partial charge in [0.1, 0.15) is 0 Å². The number of carboxylic acids is 1. The van der Waals surface area contributed by atoms with E-state index in [9.17, 15) is 38.4 Å². The van der Waals surface area contributed by atoms with E-state index in [1.807, 2.05) is 0 Å². The summed E-state index contributed by atoms with van der Waals surface area (Å²) in [6.45, 7) is 0.538. The van der Waals surface area contributed by atoms with Crippen LogP contribution in [0.2, 0.25) is 0 Å². The first-order chi connectivity index (χ1) is 19.4. The van der Waals surface area contributed by atoms with Crippen molar-refractivity contribution < 1.29 is 48.3 Å². The van der Waals surface area contributed by atoms with E-state index in [1.165, 1.54) is 27.3 Å². The van der Waals surface area contributed by atoms with Crippen molar-refractivity contribution in [3.8, 4) is 0 Å². The molecule has 3 aliphatic rings. The number of aromatic nitrogens is 1. The zero-order chi connectivity index (χ0) is 31.3.